The first-order chi connectivity index (χ1) is 33.5. The second-order valence-corrected chi connectivity index (χ2v) is 22.3. The lowest BCUT2D eigenvalue weighted by Gasteiger charge is -2.33. The molecule has 0 aromatic heterocycles. The van der Waals surface area contributed by atoms with Crippen LogP contribution in [0.2, 0.25) is 0 Å². The first-order valence-electron chi connectivity index (χ1n) is 25.4. The van der Waals surface area contributed by atoms with Crippen molar-refractivity contribution < 1.29 is 0 Å². The summed E-state index contributed by atoms with van der Waals surface area (Å²) in [6.45, 7) is 27.8. The molecule has 0 fully saturated rings. The molecule has 0 heterocycles. The molecule has 0 amide bonds. The van der Waals surface area contributed by atoms with Crippen LogP contribution in [0, 0.1) is 13.8 Å². The molecule has 0 radical (unpaired) electrons. The Morgan fingerprint density at radius 2 is 0.686 bits per heavy atom. The summed E-state index contributed by atoms with van der Waals surface area (Å²) in [4.78, 5) is 5.09. The molecule has 10 aromatic carbocycles. The van der Waals surface area contributed by atoms with Crippen LogP contribution in [0.4, 0.5) is 34.1 Å². The van der Waals surface area contributed by atoms with Crippen LogP contribution in [-0.2, 0) is 10.8 Å². The van der Waals surface area contributed by atoms with Crippen molar-refractivity contribution in [2.45, 2.75) is 106 Å². The van der Waals surface area contributed by atoms with Gasteiger partial charge in [-0.05, 0) is 162 Å². The molecule has 0 unspecified atom stereocenters. The minimum absolute atomic E-state index is 0.0119. The highest BCUT2D eigenvalue weighted by atomic mass is 15.2. The van der Waals surface area contributed by atoms with Gasteiger partial charge >= 0.3 is 0 Å². The number of hydrogen-bond donors (Lipinski definition) is 0. The Balaban J connectivity index is 1.29. The summed E-state index contributed by atoms with van der Waals surface area (Å²) in [5.74, 6) is 0.552. The molecular formula is C68H68N2. The van der Waals surface area contributed by atoms with Crippen molar-refractivity contribution in [3.05, 3.63) is 215 Å². The number of para-hydroxylation sites is 2. The fourth-order valence-electron chi connectivity index (χ4n) is 11.1. The highest BCUT2D eigenvalue weighted by Gasteiger charge is 2.28. The van der Waals surface area contributed by atoms with Crippen molar-refractivity contribution in [3.8, 4) is 22.3 Å². The summed E-state index contributed by atoms with van der Waals surface area (Å²) in [6, 6.07) is 68.7. The Morgan fingerprint density at radius 1 is 0.343 bits per heavy atom. The Kier molecular flexibility index (Phi) is 12.0. The lowest BCUT2D eigenvalue weighted by Crippen LogP contribution is -2.15. The first-order valence-corrected chi connectivity index (χ1v) is 25.4. The summed E-state index contributed by atoms with van der Waals surface area (Å²) >= 11 is 0. The molecule has 0 N–H and O–H groups in total. The summed E-state index contributed by atoms with van der Waals surface area (Å²) in [7, 11) is 0. The molecule has 0 atom stereocenters. The molecule has 350 valence electrons. The van der Waals surface area contributed by atoms with E-state index in [0.717, 1.165) is 11.4 Å². The second-order valence-electron chi connectivity index (χ2n) is 22.3. The Labute approximate surface area is 417 Å². The average molecular weight is 913 g/mol. The van der Waals surface area contributed by atoms with Gasteiger partial charge in [0.1, 0.15) is 0 Å². The van der Waals surface area contributed by atoms with Crippen molar-refractivity contribution in [2.24, 2.45) is 0 Å². The average Bonchev–Trinajstić information content (AvgIpc) is 3.35. The summed E-state index contributed by atoms with van der Waals surface area (Å²) in [6.07, 6.45) is 0. The highest BCUT2D eigenvalue weighted by molar-refractivity contribution is 6.29. The normalized spacial score (nSPS) is 12.3. The lowest BCUT2D eigenvalue weighted by atomic mass is 9.81. The van der Waals surface area contributed by atoms with Crippen molar-refractivity contribution in [3.63, 3.8) is 0 Å². The molecule has 0 saturated carbocycles. The Morgan fingerprint density at radius 3 is 1.04 bits per heavy atom. The summed E-state index contributed by atoms with van der Waals surface area (Å²) < 4.78 is 0. The predicted octanol–water partition coefficient (Wildman–Crippen LogP) is 20.3. The summed E-state index contributed by atoms with van der Waals surface area (Å²) in [5, 5.41) is 7.78. The third kappa shape index (κ3) is 8.22. The van der Waals surface area contributed by atoms with E-state index in [0.29, 0.717) is 0 Å². The van der Waals surface area contributed by atoms with Crippen LogP contribution in [0.1, 0.15) is 114 Å². The zero-order chi connectivity index (χ0) is 49.2. The zero-order valence-electron chi connectivity index (χ0n) is 43.4. The van der Waals surface area contributed by atoms with Gasteiger partial charge in [-0.2, -0.15) is 0 Å². The molecule has 0 aliphatic carbocycles. The highest BCUT2D eigenvalue weighted by Crippen LogP contribution is 2.52. The van der Waals surface area contributed by atoms with Gasteiger partial charge in [0.25, 0.3) is 0 Å². The van der Waals surface area contributed by atoms with Gasteiger partial charge in [-0.15, -0.1) is 0 Å². The van der Waals surface area contributed by atoms with Crippen molar-refractivity contribution in [1.29, 1.82) is 0 Å². The summed E-state index contributed by atoms with van der Waals surface area (Å²) in [5.41, 5.74) is 19.8. The van der Waals surface area contributed by atoms with E-state index >= 15 is 0 Å². The largest absolute Gasteiger partial charge is 0.310 e. The second kappa shape index (κ2) is 18.0. The minimum Gasteiger partial charge on any atom is -0.310 e. The molecule has 0 aliphatic rings. The van der Waals surface area contributed by atoms with Crippen LogP contribution in [0.25, 0.3) is 54.6 Å². The third-order valence-electron chi connectivity index (χ3n) is 14.7. The lowest BCUT2D eigenvalue weighted by molar-refractivity contribution is 0.591. The molecule has 0 spiro atoms. The van der Waals surface area contributed by atoms with Gasteiger partial charge in [0.2, 0.25) is 0 Å². The maximum absolute atomic E-state index is 2.54. The number of nitrogens with zero attached hydrogens (tertiary/aromatic N) is 2. The Bertz CT molecular complexity index is 3290. The molecule has 2 nitrogen and oxygen atoms in total. The van der Waals surface area contributed by atoms with Crippen molar-refractivity contribution in [1.82, 2.24) is 0 Å². The van der Waals surface area contributed by atoms with Crippen LogP contribution < -0.4 is 9.80 Å². The molecule has 70 heavy (non-hydrogen) atoms. The number of aryl methyl sites for hydroxylation is 2. The van der Waals surface area contributed by atoms with Crippen LogP contribution in [0.3, 0.4) is 0 Å². The van der Waals surface area contributed by atoms with Crippen LogP contribution in [0.15, 0.2) is 182 Å². The van der Waals surface area contributed by atoms with E-state index < -0.39 is 0 Å². The van der Waals surface area contributed by atoms with E-state index in [-0.39, 0.29) is 22.7 Å². The van der Waals surface area contributed by atoms with Gasteiger partial charge in [0, 0.05) is 33.5 Å². The smallest absolute Gasteiger partial charge is 0.0543 e. The minimum atomic E-state index is -0.0119. The van der Waals surface area contributed by atoms with Gasteiger partial charge in [0.05, 0.1) is 11.4 Å². The standard InChI is InChI=1S/C68H68N2/c1-43(2)57-41-63(69(49-23-15-13-16-24-49)61-39-47(33-31-45(61)5)51-27-19-21-29-59(51)67(7,8)9)55-38-36-54-58(44(3)4)42-64(56-37-35-53(57)65(55)66(54)56)70(50-25-17-14-18-26-50)62-40-48(34-32-46(62)6)52-28-20-22-30-60(52)68(10,11)12/h13-44H,1-12H3. The first kappa shape index (κ1) is 46.6. The van der Waals surface area contributed by atoms with Gasteiger partial charge in [-0.1, -0.05) is 203 Å². The van der Waals surface area contributed by atoms with Crippen molar-refractivity contribution in [2.75, 3.05) is 9.80 Å². The fourth-order valence-corrected chi connectivity index (χ4v) is 11.1. The maximum atomic E-state index is 2.54. The molecule has 2 heteroatoms. The van der Waals surface area contributed by atoms with Crippen molar-refractivity contribution >= 4 is 66.4 Å². The molecule has 0 aliphatic heterocycles. The van der Waals surface area contributed by atoms with E-state index in [9.17, 15) is 0 Å². The Hall–Kier alpha value is -7.16. The molecule has 10 aromatic rings. The monoisotopic (exact) mass is 913 g/mol. The van der Waals surface area contributed by atoms with Gasteiger partial charge in [0.15, 0.2) is 0 Å². The SMILES string of the molecule is Cc1ccc(-c2ccccc2C(C)(C)C)cc1N(c1ccccc1)c1cc(C(C)C)c2ccc3c(N(c4ccccc4)c4cc(-c5ccccc5C(C)(C)C)ccc4C)cc(C(C)C)c4ccc1c2c43. The van der Waals surface area contributed by atoms with Gasteiger partial charge in [-0.3, -0.25) is 0 Å². The number of hydrogen-bond acceptors (Lipinski definition) is 2. The molecule has 0 saturated heterocycles. The number of rotatable bonds is 10. The number of anilines is 6. The van der Waals surface area contributed by atoms with Crippen LogP contribution >= 0.6 is 0 Å². The fraction of sp³-hybridized carbons (Fsp3) is 0.235. The third-order valence-corrected chi connectivity index (χ3v) is 14.7. The molecule has 0 bridgehead atoms. The predicted molar refractivity (Wildman–Crippen MR) is 305 cm³/mol. The maximum Gasteiger partial charge on any atom is 0.0543 e. The van der Waals surface area contributed by atoms with Crippen LogP contribution in [-0.4, -0.2) is 0 Å². The van der Waals surface area contributed by atoms with E-state index in [4.69, 9.17) is 0 Å². The molecule has 10 rings (SSSR count). The topological polar surface area (TPSA) is 6.48 Å². The van der Waals surface area contributed by atoms with E-state index in [1.54, 1.807) is 0 Å². The van der Waals surface area contributed by atoms with E-state index in [2.05, 4.69) is 275 Å². The van der Waals surface area contributed by atoms with Crippen LogP contribution in [0.5, 0.6) is 0 Å². The van der Waals surface area contributed by atoms with E-state index in [1.165, 1.54) is 111 Å². The molecular weight excluding hydrogens is 845 g/mol. The zero-order valence-corrected chi connectivity index (χ0v) is 43.4. The van der Waals surface area contributed by atoms with Gasteiger partial charge in [-0.25, -0.2) is 0 Å². The number of benzene rings is 10. The van der Waals surface area contributed by atoms with Gasteiger partial charge < -0.3 is 9.80 Å². The quantitative estimate of drug-likeness (QED) is 0.126. The van der Waals surface area contributed by atoms with E-state index in [1.807, 2.05) is 0 Å².